The lowest BCUT2D eigenvalue weighted by Crippen LogP contribution is -2.17. The molecule has 1 rings (SSSR count). The lowest BCUT2D eigenvalue weighted by molar-refractivity contribution is -0.112. The van der Waals surface area contributed by atoms with E-state index in [0.717, 1.165) is 0 Å². The van der Waals surface area contributed by atoms with Crippen molar-refractivity contribution in [3.8, 4) is 12.1 Å². The molecular formula is C13H12ClN5O. The summed E-state index contributed by atoms with van der Waals surface area (Å²) in [5, 5.41) is 22.8. The highest BCUT2D eigenvalue weighted by molar-refractivity contribution is 6.34. The monoisotopic (exact) mass is 289 g/mol. The fraction of sp³-hybridized carbons (Fsp3) is 0.154. The first-order valence-electron chi connectivity index (χ1n) is 5.65. The van der Waals surface area contributed by atoms with Crippen molar-refractivity contribution in [1.82, 2.24) is 5.32 Å². The number of hydrogen-bond donors (Lipinski definition) is 3. The quantitative estimate of drug-likeness (QED) is 0.331. The molecule has 0 aliphatic heterocycles. The minimum absolute atomic E-state index is 0.115. The predicted octanol–water partition coefficient (Wildman–Crippen LogP) is 1.77. The minimum Gasteiger partial charge on any atom is -0.399 e. The van der Waals surface area contributed by atoms with Crippen LogP contribution in [0.2, 0.25) is 5.02 Å². The van der Waals surface area contributed by atoms with Crippen LogP contribution in [0.5, 0.6) is 0 Å². The van der Waals surface area contributed by atoms with Crippen LogP contribution in [0.15, 0.2) is 30.0 Å². The third-order valence-electron chi connectivity index (χ3n) is 2.23. The molecule has 1 amide bonds. The second-order valence-corrected chi connectivity index (χ2v) is 4.13. The molecule has 0 aliphatic carbocycles. The van der Waals surface area contributed by atoms with Gasteiger partial charge in [0, 0.05) is 18.4 Å². The van der Waals surface area contributed by atoms with Crippen LogP contribution >= 0.6 is 11.6 Å². The summed E-state index contributed by atoms with van der Waals surface area (Å²) in [7, 11) is 0. The van der Waals surface area contributed by atoms with Gasteiger partial charge in [0.25, 0.3) is 5.91 Å². The van der Waals surface area contributed by atoms with E-state index in [4.69, 9.17) is 27.9 Å². The number of amides is 1. The number of anilines is 2. The molecule has 1 aromatic carbocycles. The molecule has 20 heavy (non-hydrogen) atoms. The van der Waals surface area contributed by atoms with Gasteiger partial charge in [-0.1, -0.05) is 11.6 Å². The summed E-state index contributed by atoms with van der Waals surface area (Å²) in [4.78, 5) is 11.8. The molecule has 102 valence electrons. The van der Waals surface area contributed by atoms with Crippen LogP contribution in [0.1, 0.15) is 6.42 Å². The molecule has 4 N–H and O–H groups in total. The van der Waals surface area contributed by atoms with E-state index in [0.29, 0.717) is 17.9 Å². The molecule has 0 aliphatic rings. The number of carbonyl (C=O) groups excluding carboxylic acids is 1. The first kappa shape index (κ1) is 15.4. The molecule has 0 atom stereocenters. The van der Waals surface area contributed by atoms with Crippen LogP contribution in [0.4, 0.5) is 11.4 Å². The predicted molar refractivity (Wildman–Crippen MR) is 76.4 cm³/mol. The molecule has 0 unspecified atom stereocenters. The van der Waals surface area contributed by atoms with Gasteiger partial charge in [0.05, 0.1) is 23.2 Å². The van der Waals surface area contributed by atoms with Crippen molar-refractivity contribution in [2.75, 3.05) is 17.6 Å². The van der Waals surface area contributed by atoms with Crippen LogP contribution in [-0.2, 0) is 4.79 Å². The minimum atomic E-state index is -0.594. The normalized spacial score (nSPS) is 10.2. The highest BCUT2D eigenvalue weighted by Crippen LogP contribution is 2.24. The van der Waals surface area contributed by atoms with Crippen LogP contribution in [0, 0.1) is 22.7 Å². The zero-order valence-corrected chi connectivity index (χ0v) is 11.2. The van der Waals surface area contributed by atoms with Gasteiger partial charge in [-0.05, 0) is 18.2 Å². The van der Waals surface area contributed by atoms with E-state index in [1.807, 2.05) is 6.07 Å². The van der Waals surface area contributed by atoms with Crippen molar-refractivity contribution in [1.29, 1.82) is 10.5 Å². The Hall–Kier alpha value is -2.70. The van der Waals surface area contributed by atoms with Crippen molar-refractivity contribution >= 4 is 28.9 Å². The standard InChI is InChI=1S/C13H12ClN5O/c14-11-6-10(17)2-3-12(11)19-13(20)9(7-16)8-18-5-1-4-15/h2-3,6,8,18H,1,5,17H2,(H,19,20)/b9-8-. The van der Waals surface area contributed by atoms with Gasteiger partial charge in [0.1, 0.15) is 11.6 Å². The van der Waals surface area contributed by atoms with Crippen LogP contribution < -0.4 is 16.4 Å². The summed E-state index contributed by atoms with van der Waals surface area (Å²) in [5.41, 5.74) is 6.27. The van der Waals surface area contributed by atoms with Crippen LogP contribution in [0.3, 0.4) is 0 Å². The van der Waals surface area contributed by atoms with E-state index in [1.54, 1.807) is 18.2 Å². The van der Waals surface area contributed by atoms with Gasteiger partial charge in [0.2, 0.25) is 0 Å². The van der Waals surface area contributed by atoms with Crippen molar-refractivity contribution < 1.29 is 4.79 Å². The van der Waals surface area contributed by atoms with Gasteiger partial charge in [-0.25, -0.2) is 0 Å². The topological polar surface area (TPSA) is 115 Å². The van der Waals surface area contributed by atoms with Gasteiger partial charge >= 0.3 is 0 Å². The Kier molecular flexibility index (Phi) is 5.89. The Bertz CT molecular complexity index is 612. The number of benzene rings is 1. The summed E-state index contributed by atoms with van der Waals surface area (Å²) in [6.45, 7) is 0.359. The molecule has 0 heterocycles. The molecule has 0 aromatic heterocycles. The SMILES string of the molecule is N#CCCN/C=C(/C#N)C(=O)Nc1ccc(N)cc1Cl. The van der Waals surface area contributed by atoms with E-state index in [2.05, 4.69) is 10.6 Å². The number of nitrogens with zero attached hydrogens (tertiary/aromatic N) is 2. The Morgan fingerprint density at radius 2 is 2.20 bits per heavy atom. The Labute approximate surface area is 121 Å². The van der Waals surface area contributed by atoms with Gasteiger partial charge in [-0.3, -0.25) is 4.79 Å². The number of nitrogens with one attached hydrogen (secondary N) is 2. The number of nitrogens with two attached hydrogens (primary N) is 1. The van der Waals surface area contributed by atoms with E-state index in [-0.39, 0.29) is 17.0 Å². The number of nitrogen functional groups attached to an aromatic ring is 1. The molecule has 0 saturated heterocycles. The fourth-order valence-electron chi connectivity index (χ4n) is 1.27. The third-order valence-corrected chi connectivity index (χ3v) is 2.55. The zero-order chi connectivity index (χ0) is 15.0. The van der Waals surface area contributed by atoms with E-state index < -0.39 is 5.91 Å². The molecule has 0 saturated carbocycles. The summed E-state index contributed by atoms with van der Waals surface area (Å²) in [6, 6.07) is 8.34. The summed E-state index contributed by atoms with van der Waals surface area (Å²) in [5.74, 6) is -0.594. The average Bonchev–Trinajstić information content (AvgIpc) is 2.42. The maximum Gasteiger partial charge on any atom is 0.267 e. The molecule has 0 radical (unpaired) electrons. The highest BCUT2D eigenvalue weighted by Gasteiger charge is 2.11. The van der Waals surface area contributed by atoms with Gasteiger partial charge in [0.15, 0.2) is 0 Å². The number of hydrogen-bond acceptors (Lipinski definition) is 5. The van der Waals surface area contributed by atoms with Crippen LogP contribution in [-0.4, -0.2) is 12.5 Å². The Morgan fingerprint density at radius 1 is 1.45 bits per heavy atom. The lowest BCUT2D eigenvalue weighted by atomic mass is 10.2. The number of nitriles is 2. The van der Waals surface area contributed by atoms with E-state index in [9.17, 15) is 4.79 Å². The first-order chi connectivity index (χ1) is 9.58. The molecule has 6 nitrogen and oxygen atoms in total. The zero-order valence-electron chi connectivity index (χ0n) is 10.5. The summed E-state index contributed by atoms with van der Waals surface area (Å²) in [6.07, 6.45) is 1.54. The fourth-order valence-corrected chi connectivity index (χ4v) is 1.51. The van der Waals surface area contributed by atoms with E-state index in [1.165, 1.54) is 12.3 Å². The maximum atomic E-state index is 11.8. The Balaban J connectivity index is 2.73. The highest BCUT2D eigenvalue weighted by atomic mass is 35.5. The van der Waals surface area contributed by atoms with Gasteiger partial charge in [-0.2, -0.15) is 10.5 Å². The number of halogens is 1. The Morgan fingerprint density at radius 3 is 2.80 bits per heavy atom. The summed E-state index contributed by atoms with van der Waals surface area (Å²) < 4.78 is 0. The van der Waals surface area contributed by atoms with Crippen molar-refractivity contribution in [2.24, 2.45) is 0 Å². The number of rotatable bonds is 5. The average molecular weight is 290 g/mol. The molecule has 7 heteroatoms. The van der Waals surface area contributed by atoms with Crippen LogP contribution in [0.25, 0.3) is 0 Å². The third kappa shape index (κ3) is 4.52. The first-order valence-corrected chi connectivity index (χ1v) is 6.03. The van der Waals surface area contributed by atoms with E-state index >= 15 is 0 Å². The van der Waals surface area contributed by atoms with Gasteiger partial charge < -0.3 is 16.4 Å². The molecule has 0 bridgehead atoms. The number of carbonyl (C=O) groups is 1. The largest absolute Gasteiger partial charge is 0.399 e. The molecule has 0 spiro atoms. The van der Waals surface area contributed by atoms with Crippen molar-refractivity contribution in [2.45, 2.75) is 6.42 Å². The maximum absolute atomic E-state index is 11.8. The molecule has 1 aromatic rings. The summed E-state index contributed by atoms with van der Waals surface area (Å²) >= 11 is 5.92. The van der Waals surface area contributed by atoms with Crippen molar-refractivity contribution in [3.05, 3.63) is 35.0 Å². The van der Waals surface area contributed by atoms with Crippen molar-refractivity contribution in [3.63, 3.8) is 0 Å². The second kappa shape index (κ2) is 7.67. The molecular weight excluding hydrogens is 278 g/mol. The molecule has 0 fully saturated rings. The smallest absolute Gasteiger partial charge is 0.267 e. The van der Waals surface area contributed by atoms with Gasteiger partial charge in [-0.15, -0.1) is 0 Å². The second-order valence-electron chi connectivity index (χ2n) is 3.73. The lowest BCUT2D eigenvalue weighted by Gasteiger charge is -2.07.